The van der Waals surface area contributed by atoms with Crippen molar-refractivity contribution in [3.8, 4) is 5.75 Å². The minimum absolute atomic E-state index is 0.0200. The molecule has 1 aromatic carbocycles. The number of ether oxygens (including phenoxy) is 2. The summed E-state index contributed by atoms with van der Waals surface area (Å²) in [6.45, 7) is 4.74. The molecule has 0 saturated carbocycles. The van der Waals surface area contributed by atoms with Crippen molar-refractivity contribution >= 4 is 11.8 Å². The van der Waals surface area contributed by atoms with E-state index in [1.54, 1.807) is 11.8 Å². The van der Waals surface area contributed by atoms with Crippen molar-refractivity contribution in [1.29, 1.82) is 0 Å². The summed E-state index contributed by atoms with van der Waals surface area (Å²) in [7, 11) is 0. The van der Waals surface area contributed by atoms with Gasteiger partial charge in [-0.15, -0.1) is 0 Å². The van der Waals surface area contributed by atoms with E-state index < -0.39 is 5.60 Å². The lowest BCUT2D eigenvalue weighted by Crippen LogP contribution is -2.53. The van der Waals surface area contributed by atoms with E-state index >= 15 is 0 Å². The Kier molecular flexibility index (Phi) is 5.13. The van der Waals surface area contributed by atoms with Gasteiger partial charge in [-0.1, -0.05) is 5.16 Å². The Morgan fingerprint density at radius 1 is 1.19 bits per heavy atom. The number of nitrogens with zero attached hydrogens (tertiary/aromatic N) is 4. The van der Waals surface area contributed by atoms with Crippen LogP contribution in [0, 0.1) is 6.92 Å². The first-order valence-electron chi connectivity index (χ1n) is 10.8. The van der Waals surface area contributed by atoms with Gasteiger partial charge in [0, 0.05) is 25.1 Å². The van der Waals surface area contributed by atoms with Crippen LogP contribution < -0.4 is 4.74 Å². The molecule has 2 fully saturated rings. The molecular weight excluding hydrogens is 400 g/mol. The number of carbonyl (C=O) groups excluding carboxylic acids is 2. The minimum atomic E-state index is -0.455. The summed E-state index contributed by atoms with van der Waals surface area (Å²) in [5.41, 5.74) is 1.34. The standard InChI is InChI=1S/C22H26N4O5/c1-15-23-19(31-24-15)13-26-14-22(30-11-5-20(26)27)6-8-25(9-7-22)21(28)17-2-3-18-16(12-17)4-10-29-18/h2-3,12H,4-11,13-14H2,1H3. The van der Waals surface area contributed by atoms with E-state index in [4.69, 9.17) is 14.0 Å². The largest absolute Gasteiger partial charge is 0.493 e. The number of piperidine rings is 1. The molecule has 3 aliphatic rings. The Morgan fingerprint density at radius 2 is 2.03 bits per heavy atom. The van der Waals surface area contributed by atoms with Gasteiger partial charge in [0.1, 0.15) is 12.3 Å². The molecule has 9 heteroatoms. The molecule has 0 radical (unpaired) electrons. The summed E-state index contributed by atoms with van der Waals surface area (Å²) in [6.07, 6.45) is 2.53. The number of hydrogen-bond donors (Lipinski definition) is 0. The highest BCUT2D eigenvalue weighted by Gasteiger charge is 2.41. The summed E-state index contributed by atoms with van der Waals surface area (Å²) in [6, 6.07) is 5.67. The number of aryl methyl sites for hydroxylation is 1. The van der Waals surface area contributed by atoms with Gasteiger partial charge in [0.15, 0.2) is 5.82 Å². The third-order valence-electron chi connectivity index (χ3n) is 6.35. The number of hydrogen-bond acceptors (Lipinski definition) is 7. The number of benzene rings is 1. The molecule has 2 saturated heterocycles. The Labute approximate surface area is 180 Å². The third-order valence-corrected chi connectivity index (χ3v) is 6.35. The van der Waals surface area contributed by atoms with E-state index in [0.717, 1.165) is 17.7 Å². The average Bonchev–Trinajstić information content (AvgIpc) is 3.38. The molecule has 164 valence electrons. The van der Waals surface area contributed by atoms with Crippen LogP contribution in [0.4, 0.5) is 0 Å². The number of amides is 2. The van der Waals surface area contributed by atoms with Crippen LogP contribution in [0.2, 0.25) is 0 Å². The molecule has 5 rings (SSSR count). The van der Waals surface area contributed by atoms with Gasteiger partial charge < -0.3 is 23.8 Å². The van der Waals surface area contributed by atoms with Crippen molar-refractivity contribution in [2.45, 2.75) is 44.8 Å². The molecular formula is C22H26N4O5. The fraction of sp³-hybridized carbons (Fsp3) is 0.545. The molecule has 0 bridgehead atoms. The fourth-order valence-electron chi connectivity index (χ4n) is 4.63. The monoisotopic (exact) mass is 426 g/mol. The highest BCUT2D eigenvalue weighted by atomic mass is 16.5. The van der Waals surface area contributed by atoms with Crippen LogP contribution in [0.25, 0.3) is 0 Å². The minimum Gasteiger partial charge on any atom is -0.493 e. The van der Waals surface area contributed by atoms with Gasteiger partial charge in [-0.3, -0.25) is 9.59 Å². The van der Waals surface area contributed by atoms with Crippen molar-refractivity contribution < 1.29 is 23.6 Å². The predicted octanol–water partition coefficient (Wildman–Crippen LogP) is 1.74. The summed E-state index contributed by atoms with van der Waals surface area (Å²) in [5.74, 6) is 1.91. The van der Waals surface area contributed by atoms with Crippen LogP contribution >= 0.6 is 0 Å². The van der Waals surface area contributed by atoms with Gasteiger partial charge in [-0.25, -0.2) is 0 Å². The van der Waals surface area contributed by atoms with Gasteiger partial charge >= 0.3 is 0 Å². The second-order valence-electron chi connectivity index (χ2n) is 8.48. The topological polar surface area (TPSA) is 98.0 Å². The van der Waals surface area contributed by atoms with E-state index in [1.165, 1.54) is 0 Å². The first kappa shape index (κ1) is 20.0. The number of aromatic nitrogens is 2. The van der Waals surface area contributed by atoms with E-state index in [1.807, 2.05) is 23.1 Å². The van der Waals surface area contributed by atoms with Crippen LogP contribution in [0.15, 0.2) is 22.7 Å². The van der Waals surface area contributed by atoms with Crippen LogP contribution in [0.1, 0.15) is 46.9 Å². The average molecular weight is 426 g/mol. The molecule has 3 aliphatic heterocycles. The van der Waals surface area contributed by atoms with Gasteiger partial charge in [0.25, 0.3) is 5.91 Å². The van der Waals surface area contributed by atoms with Gasteiger partial charge in [0.2, 0.25) is 11.8 Å². The molecule has 31 heavy (non-hydrogen) atoms. The highest BCUT2D eigenvalue weighted by molar-refractivity contribution is 5.94. The lowest BCUT2D eigenvalue weighted by atomic mass is 9.90. The zero-order chi connectivity index (χ0) is 21.4. The Bertz CT molecular complexity index is 996. The molecule has 4 heterocycles. The summed E-state index contributed by atoms with van der Waals surface area (Å²) in [4.78, 5) is 33.5. The highest BCUT2D eigenvalue weighted by Crippen LogP contribution is 2.32. The van der Waals surface area contributed by atoms with Crippen molar-refractivity contribution in [3.63, 3.8) is 0 Å². The first-order valence-corrected chi connectivity index (χ1v) is 10.8. The lowest BCUT2D eigenvalue weighted by Gasteiger charge is -2.42. The van der Waals surface area contributed by atoms with Crippen molar-refractivity contribution in [1.82, 2.24) is 19.9 Å². The second-order valence-corrected chi connectivity index (χ2v) is 8.48. The molecule has 0 aliphatic carbocycles. The van der Waals surface area contributed by atoms with Gasteiger partial charge in [0.05, 0.1) is 31.8 Å². The number of carbonyl (C=O) groups is 2. The van der Waals surface area contributed by atoms with Crippen LogP contribution in [0.3, 0.4) is 0 Å². The summed E-state index contributed by atoms with van der Waals surface area (Å²) in [5, 5.41) is 3.81. The third kappa shape index (κ3) is 4.01. The second kappa shape index (κ2) is 7.96. The van der Waals surface area contributed by atoms with Crippen molar-refractivity contribution in [2.75, 3.05) is 32.8 Å². The zero-order valence-electron chi connectivity index (χ0n) is 17.6. The number of likely N-dealkylation sites (tertiary alicyclic amines) is 1. The number of fused-ring (bicyclic) bond motifs is 1. The fourth-order valence-corrected chi connectivity index (χ4v) is 4.63. The quantitative estimate of drug-likeness (QED) is 0.737. The van der Waals surface area contributed by atoms with Gasteiger partial charge in [-0.05, 0) is 43.5 Å². The maximum Gasteiger partial charge on any atom is 0.253 e. The van der Waals surface area contributed by atoms with Crippen LogP contribution in [-0.2, 0) is 22.5 Å². The molecule has 2 amide bonds. The molecule has 2 aromatic rings. The summed E-state index contributed by atoms with van der Waals surface area (Å²) >= 11 is 0. The zero-order valence-corrected chi connectivity index (χ0v) is 17.6. The van der Waals surface area contributed by atoms with E-state index in [9.17, 15) is 9.59 Å². The lowest BCUT2D eigenvalue weighted by molar-refractivity contribution is -0.132. The van der Waals surface area contributed by atoms with E-state index in [2.05, 4.69) is 10.1 Å². The number of rotatable bonds is 3. The Balaban J connectivity index is 1.25. The molecule has 1 spiro atoms. The maximum atomic E-state index is 13.1. The first-order chi connectivity index (χ1) is 15.0. The van der Waals surface area contributed by atoms with Crippen LogP contribution in [-0.4, -0.2) is 70.2 Å². The van der Waals surface area contributed by atoms with Gasteiger partial charge in [-0.2, -0.15) is 4.98 Å². The molecule has 0 N–H and O–H groups in total. The van der Waals surface area contributed by atoms with Crippen LogP contribution in [0.5, 0.6) is 5.75 Å². The predicted molar refractivity (Wildman–Crippen MR) is 109 cm³/mol. The van der Waals surface area contributed by atoms with E-state index in [0.29, 0.717) is 69.4 Å². The van der Waals surface area contributed by atoms with Crippen molar-refractivity contribution in [2.24, 2.45) is 0 Å². The maximum absolute atomic E-state index is 13.1. The molecule has 0 unspecified atom stereocenters. The van der Waals surface area contributed by atoms with E-state index in [-0.39, 0.29) is 18.4 Å². The van der Waals surface area contributed by atoms with Crippen molar-refractivity contribution in [3.05, 3.63) is 41.0 Å². The SMILES string of the molecule is Cc1noc(CN2CC3(CCN(C(=O)c4ccc5c(c4)CCO5)CC3)OCCC2=O)n1. The Morgan fingerprint density at radius 3 is 2.81 bits per heavy atom. The smallest absolute Gasteiger partial charge is 0.253 e. The molecule has 1 aromatic heterocycles. The normalized spacial score (nSPS) is 20.5. The summed E-state index contributed by atoms with van der Waals surface area (Å²) < 4.78 is 16.9. The molecule has 0 atom stereocenters. The Hall–Kier alpha value is -2.94. The molecule has 9 nitrogen and oxygen atoms in total.